The van der Waals surface area contributed by atoms with Gasteiger partial charge < -0.3 is 49.4 Å². The Morgan fingerprint density at radius 3 is 2.36 bits per heavy atom. The summed E-state index contributed by atoms with van der Waals surface area (Å²) in [4.78, 5) is 22.2. The lowest BCUT2D eigenvalue weighted by Crippen LogP contribution is -2.67. The fourth-order valence-corrected chi connectivity index (χ4v) is 3.24. The van der Waals surface area contributed by atoms with E-state index in [4.69, 9.17) is 23.7 Å². The molecule has 12 heteroatoms. The molecule has 5 N–H and O–H groups in total. The van der Waals surface area contributed by atoms with E-state index in [2.05, 4.69) is 12.2 Å². The van der Waals surface area contributed by atoms with E-state index >= 15 is 0 Å². The number of aliphatic hydroxyl groups is 4. The SMILES string of the molecule is [CH2+][C@@H]1OC(CO)[C@H](O)C(O[C@@H]2OC(OC=O)[C@@H](OC)C(O)C2O)C1NC(C)=O. The minimum Gasteiger partial charge on any atom is -0.435 e. The summed E-state index contributed by atoms with van der Waals surface area (Å²) >= 11 is 0. The van der Waals surface area contributed by atoms with Crippen molar-refractivity contribution in [1.82, 2.24) is 5.32 Å². The summed E-state index contributed by atoms with van der Waals surface area (Å²) in [7, 11) is 1.22. The summed E-state index contributed by atoms with van der Waals surface area (Å²) in [5.41, 5.74) is 0. The quantitative estimate of drug-likeness (QED) is 0.208. The highest BCUT2D eigenvalue weighted by atomic mass is 16.8. The highest BCUT2D eigenvalue weighted by Gasteiger charge is 2.52. The molecule has 0 saturated carbocycles. The lowest BCUT2D eigenvalue weighted by Gasteiger charge is -2.45. The van der Waals surface area contributed by atoms with Crippen LogP contribution in [-0.4, -0.2) is 108 Å². The molecule has 0 aliphatic carbocycles. The van der Waals surface area contributed by atoms with E-state index < -0.39 is 73.9 Å². The summed E-state index contributed by atoms with van der Waals surface area (Å²) in [5, 5.41) is 42.9. The van der Waals surface area contributed by atoms with Crippen LogP contribution in [0.1, 0.15) is 6.92 Å². The summed E-state index contributed by atoms with van der Waals surface area (Å²) in [6.45, 7) is 4.49. The second kappa shape index (κ2) is 9.80. The number of ether oxygens (including phenoxy) is 5. The third-order valence-corrected chi connectivity index (χ3v) is 4.63. The number of carbonyl (C=O) groups is 2. The third-order valence-electron chi connectivity index (χ3n) is 4.63. The van der Waals surface area contributed by atoms with E-state index in [0.717, 1.165) is 0 Å². The Hall–Kier alpha value is -1.51. The van der Waals surface area contributed by atoms with Crippen molar-refractivity contribution in [2.75, 3.05) is 13.7 Å². The highest BCUT2D eigenvalue weighted by Crippen LogP contribution is 2.30. The van der Waals surface area contributed by atoms with Gasteiger partial charge >= 0.3 is 0 Å². The Bertz CT molecular complexity index is 535. The maximum absolute atomic E-state index is 11.5. The van der Waals surface area contributed by atoms with E-state index in [1.807, 2.05) is 0 Å². The molecule has 0 aromatic heterocycles. The molecule has 2 fully saturated rings. The Balaban J connectivity index is 2.24. The van der Waals surface area contributed by atoms with Gasteiger partial charge in [-0.15, -0.1) is 0 Å². The molecule has 0 radical (unpaired) electrons. The molecule has 0 spiro atoms. The van der Waals surface area contributed by atoms with Crippen LogP contribution in [0.3, 0.4) is 0 Å². The highest BCUT2D eigenvalue weighted by molar-refractivity contribution is 5.73. The minimum absolute atomic E-state index is 0.0787. The zero-order valence-corrected chi connectivity index (χ0v) is 15.4. The van der Waals surface area contributed by atoms with Crippen LogP contribution in [0.5, 0.6) is 0 Å². The average Bonchev–Trinajstić information content (AvgIpc) is 2.64. The first-order valence-electron chi connectivity index (χ1n) is 8.58. The summed E-state index contributed by atoms with van der Waals surface area (Å²) in [6.07, 6.45) is -12.0. The maximum Gasteiger partial charge on any atom is 0.295 e. The second-order valence-corrected chi connectivity index (χ2v) is 6.50. The molecule has 2 aliphatic rings. The normalized spacial score (nSPS) is 43.9. The van der Waals surface area contributed by atoms with Gasteiger partial charge in [-0.25, -0.2) is 0 Å². The number of aliphatic hydroxyl groups excluding tert-OH is 4. The van der Waals surface area contributed by atoms with Gasteiger partial charge in [0.1, 0.15) is 42.7 Å². The summed E-state index contributed by atoms with van der Waals surface area (Å²) < 4.78 is 26.1. The van der Waals surface area contributed by atoms with Gasteiger partial charge in [0, 0.05) is 14.0 Å². The Kier molecular flexibility index (Phi) is 7.97. The molecule has 160 valence electrons. The number of hydrogen-bond donors (Lipinski definition) is 5. The summed E-state index contributed by atoms with van der Waals surface area (Å²) in [5.74, 6) is -0.461. The van der Waals surface area contributed by atoms with Crippen molar-refractivity contribution in [2.45, 2.75) is 68.3 Å². The number of carbonyl (C=O) groups excluding carboxylic acids is 2. The first kappa shape index (κ1) is 22.8. The van der Waals surface area contributed by atoms with Crippen LogP contribution in [0.4, 0.5) is 0 Å². The van der Waals surface area contributed by atoms with Crippen LogP contribution in [-0.2, 0) is 33.3 Å². The molecule has 12 nitrogen and oxygen atoms in total. The zero-order chi connectivity index (χ0) is 21.0. The molecule has 1 amide bonds. The molecular formula is C16H26NO11+. The van der Waals surface area contributed by atoms with Crippen LogP contribution in [0.25, 0.3) is 0 Å². The molecule has 0 aromatic carbocycles. The number of hydrogen-bond acceptors (Lipinski definition) is 11. The largest absolute Gasteiger partial charge is 0.435 e. The molecule has 0 bridgehead atoms. The van der Waals surface area contributed by atoms with Gasteiger partial charge in [-0.1, -0.05) is 0 Å². The van der Waals surface area contributed by atoms with Crippen LogP contribution >= 0.6 is 0 Å². The molecular weight excluding hydrogens is 382 g/mol. The number of amides is 1. The Morgan fingerprint density at radius 2 is 1.82 bits per heavy atom. The van der Waals surface area contributed by atoms with Crippen LogP contribution < -0.4 is 5.32 Å². The molecule has 2 saturated heterocycles. The van der Waals surface area contributed by atoms with Gasteiger partial charge in [0.05, 0.1) is 13.5 Å². The smallest absolute Gasteiger partial charge is 0.295 e. The standard InChI is InChI=1S/C16H25NO11/c1-6-9(17-7(2)20)13(10(21)8(4-18)26-6)27-15-12(23)11(22)14(24-3)16(28-15)25-5-19/h5-6,8-16,18,21-23H,1,4H2,2-3H3/p+1/t6-,8?,9?,10-,11?,12?,13?,14-,15+,16?/m0/s1. The lowest BCUT2D eigenvalue weighted by atomic mass is 9.92. The molecule has 10 atom stereocenters. The number of methoxy groups -OCH3 is 1. The number of rotatable bonds is 7. The van der Waals surface area contributed by atoms with Crippen molar-refractivity contribution in [3.8, 4) is 0 Å². The van der Waals surface area contributed by atoms with Gasteiger partial charge in [0.25, 0.3) is 6.47 Å². The van der Waals surface area contributed by atoms with Crippen LogP contribution in [0.2, 0.25) is 0 Å². The van der Waals surface area contributed by atoms with Crippen molar-refractivity contribution in [3.63, 3.8) is 0 Å². The van der Waals surface area contributed by atoms with Crippen molar-refractivity contribution in [3.05, 3.63) is 6.92 Å². The van der Waals surface area contributed by atoms with Gasteiger partial charge in [-0.3, -0.25) is 9.59 Å². The molecule has 6 unspecified atom stereocenters. The predicted molar refractivity (Wildman–Crippen MR) is 88.2 cm³/mol. The molecule has 2 aliphatic heterocycles. The summed E-state index contributed by atoms with van der Waals surface area (Å²) in [6, 6.07) is -0.964. The lowest BCUT2D eigenvalue weighted by molar-refractivity contribution is -0.362. The van der Waals surface area contributed by atoms with E-state index in [1.54, 1.807) is 0 Å². The fourth-order valence-electron chi connectivity index (χ4n) is 3.24. The zero-order valence-electron chi connectivity index (χ0n) is 15.4. The average molecular weight is 408 g/mol. The first-order chi connectivity index (χ1) is 13.2. The molecule has 0 aromatic rings. The fraction of sp³-hybridized carbons (Fsp3) is 0.812. The van der Waals surface area contributed by atoms with E-state index in [1.165, 1.54) is 14.0 Å². The Labute approximate surface area is 161 Å². The van der Waals surface area contributed by atoms with Crippen LogP contribution in [0.15, 0.2) is 0 Å². The predicted octanol–water partition coefficient (Wildman–Crippen LogP) is -3.58. The van der Waals surface area contributed by atoms with E-state index in [9.17, 15) is 30.0 Å². The van der Waals surface area contributed by atoms with Gasteiger partial charge in [-0.2, -0.15) is 0 Å². The van der Waals surface area contributed by atoms with Crippen LogP contribution in [0, 0.1) is 6.92 Å². The third kappa shape index (κ3) is 4.72. The van der Waals surface area contributed by atoms with Crippen molar-refractivity contribution >= 4 is 12.4 Å². The molecule has 2 heterocycles. The van der Waals surface area contributed by atoms with E-state index in [0.29, 0.717) is 0 Å². The minimum atomic E-state index is -1.64. The first-order valence-corrected chi connectivity index (χ1v) is 8.58. The van der Waals surface area contributed by atoms with Gasteiger partial charge in [0.15, 0.2) is 6.29 Å². The molecule has 28 heavy (non-hydrogen) atoms. The molecule has 2 rings (SSSR count). The van der Waals surface area contributed by atoms with Crippen molar-refractivity contribution in [2.24, 2.45) is 0 Å². The maximum atomic E-state index is 11.5. The van der Waals surface area contributed by atoms with Crippen molar-refractivity contribution in [1.29, 1.82) is 0 Å². The second-order valence-electron chi connectivity index (χ2n) is 6.50. The van der Waals surface area contributed by atoms with Gasteiger partial charge in [-0.05, 0) is 0 Å². The topological polar surface area (TPSA) is 173 Å². The Morgan fingerprint density at radius 1 is 1.14 bits per heavy atom. The van der Waals surface area contributed by atoms with Gasteiger partial charge in [0.2, 0.25) is 18.3 Å². The number of nitrogens with one attached hydrogen (secondary N) is 1. The van der Waals surface area contributed by atoms with Crippen molar-refractivity contribution < 1.29 is 53.7 Å². The monoisotopic (exact) mass is 408 g/mol. The van der Waals surface area contributed by atoms with E-state index in [-0.39, 0.29) is 6.47 Å².